The third kappa shape index (κ3) is 4.16. The molecular formula is C16H11ClN2O8S2. The van der Waals surface area contributed by atoms with Crippen LogP contribution in [-0.4, -0.2) is 36.2 Å². The number of rotatable bonds is 4. The van der Waals surface area contributed by atoms with Gasteiger partial charge in [0.25, 0.3) is 20.2 Å². The van der Waals surface area contributed by atoms with Crippen molar-refractivity contribution < 1.29 is 36.2 Å². The third-order valence-electron chi connectivity index (χ3n) is 3.81. The van der Waals surface area contributed by atoms with Gasteiger partial charge in [-0.3, -0.25) is 9.11 Å². The first kappa shape index (κ1) is 21.0. The predicted molar refractivity (Wildman–Crippen MR) is 103 cm³/mol. The van der Waals surface area contributed by atoms with Crippen molar-refractivity contribution in [2.24, 2.45) is 10.2 Å². The van der Waals surface area contributed by atoms with Crippen molar-refractivity contribution in [2.75, 3.05) is 0 Å². The molecule has 0 saturated heterocycles. The molecule has 0 atom stereocenters. The summed E-state index contributed by atoms with van der Waals surface area (Å²) in [6, 6.07) is 8.19. The van der Waals surface area contributed by atoms with Gasteiger partial charge in [-0.05, 0) is 24.3 Å². The highest BCUT2D eigenvalue weighted by atomic mass is 35.5. The minimum Gasteiger partial charge on any atom is -0.505 e. The van der Waals surface area contributed by atoms with Crippen molar-refractivity contribution in [2.45, 2.75) is 9.79 Å². The molecule has 0 spiro atoms. The first-order valence-electron chi connectivity index (χ1n) is 7.53. The minimum atomic E-state index is -4.78. The van der Waals surface area contributed by atoms with Crippen molar-refractivity contribution in [1.29, 1.82) is 0 Å². The number of azo groups is 1. The molecule has 0 aliphatic rings. The fourth-order valence-corrected chi connectivity index (χ4v) is 4.16. The van der Waals surface area contributed by atoms with E-state index in [2.05, 4.69) is 10.2 Å². The van der Waals surface area contributed by atoms with Crippen LogP contribution >= 0.6 is 11.6 Å². The van der Waals surface area contributed by atoms with E-state index >= 15 is 0 Å². The van der Waals surface area contributed by atoms with Gasteiger partial charge in [0.1, 0.15) is 21.2 Å². The Hall–Kier alpha value is -2.77. The van der Waals surface area contributed by atoms with Gasteiger partial charge in [-0.1, -0.05) is 29.8 Å². The Balaban J connectivity index is 2.14. The van der Waals surface area contributed by atoms with E-state index in [1.165, 1.54) is 24.3 Å². The molecule has 13 heteroatoms. The fourth-order valence-electron chi connectivity index (χ4n) is 2.55. The summed E-state index contributed by atoms with van der Waals surface area (Å²) in [7, 11) is -9.32. The molecule has 0 fully saturated rings. The number of phenols is 2. The maximum atomic E-state index is 11.5. The van der Waals surface area contributed by atoms with Crippen LogP contribution in [0.2, 0.25) is 5.02 Å². The van der Waals surface area contributed by atoms with Crippen LogP contribution in [0.4, 0.5) is 11.4 Å². The molecule has 0 unspecified atom stereocenters. The van der Waals surface area contributed by atoms with Gasteiger partial charge < -0.3 is 10.2 Å². The number of fused-ring (bicyclic) bond motifs is 1. The molecule has 0 aliphatic heterocycles. The van der Waals surface area contributed by atoms with E-state index in [0.717, 1.165) is 18.2 Å². The molecule has 152 valence electrons. The van der Waals surface area contributed by atoms with Gasteiger partial charge in [0, 0.05) is 15.8 Å². The Kier molecular flexibility index (Phi) is 5.23. The highest BCUT2D eigenvalue weighted by molar-refractivity contribution is 7.86. The van der Waals surface area contributed by atoms with Crippen LogP contribution in [-0.2, 0) is 20.2 Å². The summed E-state index contributed by atoms with van der Waals surface area (Å²) in [5.41, 5.74) is -0.561. The monoisotopic (exact) mass is 458 g/mol. The molecule has 10 nitrogen and oxygen atoms in total. The lowest BCUT2D eigenvalue weighted by molar-refractivity contribution is 0.444. The van der Waals surface area contributed by atoms with Gasteiger partial charge in [0.15, 0.2) is 11.5 Å². The molecule has 0 radical (unpaired) electrons. The molecule has 0 bridgehead atoms. The number of hydrogen-bond acceptors (Lipinski definition) is 8. The van der Waals surface area contributed by atoms with E-state index < -0.39 is 47.2 Å². The zero-order valence-corrected chi connectivity index (χ0v) is 16.4. The van der Waals surface area contributed by atoms with Gasteiger partial charge in [0.2, 0.25) is 0 Å². The summed E-state index contributed by atoms with van der Waals surface area (Å²) in [6.45, 7) is 0. The number of nitrogens with zero attached hydrogens (tertiary/aromatic N) is 2. The third-order valence-corrected chi connectivity index (χ3v) is 5.81. The normalized spacial score (nSPS) is 12.7. The highest BCUT2D eigenvalue weighted by Gasteiger charge is 2.20. The predicted octanol–water partition coefficient (Wildman–Crippen LogP) is 3.81. The molecule has 4 N–H and O–H groups in total. The van der Waals surface area contributed by atoms with Crippen LogP contribution in [0.1, 0.15) is 0 Å². The number of halogens is 1. The quantitative estimate of drug-likeness (QED) is 0.337. The SMILES string of the molecule is O=S(=O)(O)c1cc(Cl)cc(/N=N/c2ccc3c(S(=O)(=O)O)cccc3c2O)c1O. The van der Waals surface area contributed by atoms with E-state index in [1.54, 1.807) is 0 Å². The maximum Gasteiger partial charge on any atom is 0.298 e. The Morgan fingerprint density at radius 2 is 1.34 bits per heavy atom. The van der Waals surface area contributed by atoms with Crippen LogP contribution in [0.5, 0.6) is 11.5 Å². The summed E-state index contributed by atoms with van der Waals surface area (Å²) in [4.78, 5) is -1.29. The Bertz CT molecular complexity index is 1390. The fraction of sp³-hybridized carbons (Fsp3) is 0. The summed E-state index contributed by atoms with van der Waals surface area (Å²) in [6.07, 6.45) is 0. The van der Waals surface area contributed by atoms with E-state index in [-0.39, 0.29) is 21.5 Å². The summed E-state index contributed by atoms with van der Waals surface area (Å²) in [5.74, 6) is -1.39. The molecule has 29 heavy (non-hydrogen) atoms. The molecule has 3 rings (SSSR count). The number of benzene rings is 3. The molecule has 0 amide bonds. The second kappa shape index (κ2) is 7.24. The molecule has 0 aliphatic carbocycles. The molecule has 0 aromatic heterocycles. The summed E-state index contributed by atoms with van der Waals surface area (Å²) in [5, 5.41) is 27.6. The Morgan fingerprint density at radius 3 is 1.97 bits per heavy atom. The first-order chi connectivity index (χ1) is 13.4. The van der Waals surface area contributed by atoms with Gasteiger partial charge in [-0.15, -0.1) is 10.2 Å². The van der Waals surface area contributed by atoms with Crippen LogP contribution in [0.3, 0.4) is 0 Å². The molecule has 0 saturated carbocycles. The van der Waals surface area contributed by atoms with Gasteiger partial charge in [0.05, 0.1) is 0 Å². The average Bonchev–Trinajstić information content (AvgIpc) is 2.61. The van der Waals surface area contributed by atoms with Crippen molar-refractivity contribution in [3.8, 4) is 11.5 Å². The zero-order chi connectivity index (χ0) is 21.6. The lowest BCUT2D eigenvalue weighted by Gasteiger charge is -2.07. The summed E-state index contributed by atoms with van der Waals surface area (Å²) >= 11 is 5.76. The van der Waals surface area contributed by atoms with Crippen molar-refractivity contribution in [3.63, 3.8) is 0 Å². The first-order valence-corrected chi connectivity index (χ1v) is 10.8. The lowest BCUT2D eigenvalue weighted by Crippen LogP contribution is -1.98. The maximum absolute atomic E-state index is 11.5. The number of phenolic OH excluding ortho intramolecular Hbond substituents is 2. The van der Waals surface area contributed by atoms with Crippen molar-refractivity contribution >= 4 is 54.0 Å². The average molecular weight is 459 g/mol. The largest absolute Gasteiger partial charge is 0.505 e. The molecule has 3 aromatic rings. The van der Waals surface area contributed by atoms with E-state index in [4.69, 9.17) is 16.2 Å². The molecular weight excluding hydrogens is 448 g/mol. The Morgan fingerprint density at radius 1 is 0.724 bits per heavy atom. The van der Waals surface area contributed by atoms with Gasteiger partial charge >= 0.3 is 0 Å². The van der Waals surface area contributed by atoms with Crippen molar-refractivity contribution in [1.82, 2.24) is 0 Å². The minimum absolute atomic E-state index is 0.0331. The van der Waals surface area contributed by atoms with E-state index in [0.29, 0.717) is 0 Å². The number of aromatic hydroxyl groups is 2. The molecule has 3 aromatic carbocycles. The smallest absolute Gasteiger partial charge is 0.298 e. The standard InChI is InChI=1S/C16H11ClN2O8S2/c17-8-6-12(16(21)14(7-8)29(25,26)27)19-18-11-5-4-9-10(15(11)20)2-1-3-13(9)28(22,23)24/h1-7,20-21H,(H,22,23,24)(H,25,26,27)/b19-18+. The topological polar surface area (TPSA) is 174 Å². The zero-order valence-electron chi connectivity index (χ0n) is 14.1. The lowest BCUT2D eigenvalue weighted by atomic mass is 10.1. The second-order valence-corrected chi connectivity index (χ2v) is 8.92. The van der Waals surface area contributed by atoms with Crippen LogP contribution < -0.4 is 0 Å². The molecule has 0 heterocycles. The Labute approximate surface area is 169 Å². The second-order valence-electron chi connectivity index (χ2n) is 5.71. The van der Waals surface area contributed by atoms with E-state index in [9.17, 15) is 31.6 Å². The van der Waals surface area contributed by atoms with Crippen LogP contribution in [0, 0.1) is 0 Å². The van der Waals surface area contributed by atoms with Crippen LogP contribution in [0.15, 0.2) is 62.5 Å². The van der Waals surface area contributed by atoms with Gasteiger partial charge in [-0.2, -0.15) is 16.8 Å². The van der Waals surface area contributed by atoms with Crippen LogP contribution in [0.25, 0.3) is 10.8 Å². The van der Waals surface area contributed by atoms with Gasteiger partial charge in [-0.25, -0.2) is 0 Å². The highest BCUT2D eigenvalue weighted by Crippen LogP contribution is 2.40. The van der Waals surface area contributed by atoms with E-state index in [1.807, 2.05) is 0 Å². The summed E-state index contributed by atoms with van der Waals surface area (Å²) < 4.78 is 63.9. The number of hydrogen-bond donors (Lipinski definition) is 4. The van der Waals surface area contributed by atoms with Crippen molar-refractivity contribution in [3.05, 3.63) is 47.5 Å².